The molecule has 0 saturated heterocycles. The van der Waals surface area contributed by atoms with E-state index in [1.807, 2.05) is 19.1 Å². The van der Waals surface area contributed by atoms with E-state index in [9.17, 15) is 4.39 Å². The number of hydrogen-bond donors (Lipinski definition) is 1. The second kappa shape index (κ2) is 6.71. The molecule has 1 N–H and O–H groups in total. The Bertz CT molecular complexity index is 556. The van der Waals surface area contributed by atoms with Gasteiger partial charge in [-0.15, -0.1) is 11.3 Å². The van der Waals surface area contributed by atoms with Crippen LogP contribution >= 0.6 is 34.5 Å². The van der Waals surface area contributed by atoms with E-state index in [0.29, 0.717) is 0 Å². The number of rotatable bonds is 5. The van der Waals surface area contributed by atoms with Crippen LogP contribution in [-0.4, -0.2) is 6.54 Å². The maximum Gasteiger partial charge on any atom is 0.141 e. The van der Waals surface area contributed by atoms with Crippen LogP contribution in [0, 0.1) is 5.82 Å². The van der Waals surface area contributed by atoms with Crippen LogP contribution in [0.1, 0.15) is 23.4 Å². The first-order valence-corrected chi connectivity index (χ1v) is 7.56. The fourth-order valence-corrected chi connectivity index (χ4v) is 3.07. The molecule has 2 rings (SSSR count). The van der Waals surface area contributed by atoms with Crippen molar-refractivity contribution in [2.24, 2.45) is 0 Å². The SMILES string of the molecule is CC(NCCc1ccc(Cl)s1)c1ccc(F)c(Cl)c1. The lowest BCUT2D eigenvalue weighted by atomic mass is 10.1. The summed E-state index contributed by atoms with van der Waals surface area (Å²) in [6.07, 6.45) is 0.927. The first-order valence-electron chi connectivity index (χ1n) is 5.99. The van der Waals surface area contributed by atoms with E-state index in [0.717, 1.165) is 22.9 Å². The van der Waals surface area contributed by atoms with Gasteiger partial charge in [0.2, 0.25) is 0 Å². The number of thiophene rings is 1. The summed E-state index contributed by atoms with van der Waals surface area (Å²) < 4.78 is 13.9. The Morgan fingerprint density at radius 2 is 2.05 bits per heavy atom. The molecular formula is C14H14Cl2FNS. The molecule has 1 aromatic heterocycles. The van der Waals surface area contributed by atoms with Gasteiger partial charge in [0.15, 0.2) is 0 Å². The van der Waals surface area contributed by atoms with Crippen LogP contribution in [0.2, 0.25) is 9.36 Å². The highest BCUT2D eigenvalue weighted by Crippen LogP contribution is 2.23. The van der Waals surface area contributed by atoms with Crippen molar-refractivity contribution in [2.45, 2.75) is 19.4 Å². The average Bonchev–Trinajstić information content (AvgIpc) is 2.78. The van der Waals surface area contributed by atoms with Crippen LogP contribution in [0.4, 0.5) is 4.39 Å². The Labute approximate surface area is 126 Å². The summed E-state index contributed by atoms with van der Waals surface area (Å²) in [7, 11) is 0. The normalized spacial score (nSPS) is 12.6. The van der Waals surface area contributed by atoms with E-state index in [-0.39, 0.29) is 16.9 Å². The molecule has 0 saturated carbocycles. The van der Waals surface area contributed by atoms with Crippen molar-refractivity contribution in [1.29, 1.82) is 0 Å². The van der Waals surface area contributed by atoms with Gasteiger partial charge < -0.3 is 5.32 Å². The van der Waals surface area contributed by atoms with Gasteiger partial charge in [0.1, 0.15) is 5.82 Å². The van der Waals surface area contributed by atoms with Crippen molar-refractivity contribution in [3.63, 3.8) is 0 Å². The topological polar surface area (TPSA) is 12.0 Å². The van der Waals surface area contributed by atoms with E-state index in [4.69, 9.17) is 23.2 Å². The first kappa shape index (κ1) is 14.8. The van der Waals surface area contributed by atoms with E-state index in [1.54, 1.807) is 23.5 Å². The van der Waals surface area contributed by atoms with Crippen LogP contribution in [-0.2, 0) is 6.42 Å². The molecule has 0 bridgehead atoms. The minimum absolute atomic E-state index is 0.133. The smallest absolute Gasteiger partial charge is 0.141 e. The average molecular weight is 318 g/mol. The van der Waals surface area contributed by atoms with Crippen molar-refractivity contribution in [2.75, 3.05) is 6.54 Å². The quantitative estimate of drug-likeness (QED) is 0.810. The molecule has 102 valence electrons. The predicted molar refractivity (Wildman–Crippen MR) is 80.9 cm³/mol. The third-order valence-electron chi connectivity index (χ3n) is 2.89. The molecule has 1 heterocycles. The largest absolute Gasteiger partial charge is 0.310 e. The molecule has 1 atom stereocenters. The minimum atomic E-state index is -0.383. The van der Waals surface area contributed by atoms with Crippen LogP contribution in [0.15, 0.2) is 30.3 Å². The maximum absolute atomic E-state index is 13.1. The number of hydrogen-bond acceptors (Lipinski definition) is 2. The second-order valence-corrected chi connectivity index (χ2v) is 6.51. The van der Waals surface area contributed by atoms with Crippen molar-refractivity contribution in [3.8, 4) is 0 Å². The molecule has 0 aliphatic heterocycles. The molecule has 0 aliphatic rings. The van der Waals surface area contributed by atoms with Gasteiger partial charge in [-0.05, 0) is 43.2 Å². The zero-order chi connectivity index (χ0) is 13.8. The van der Waals surface area contributed by atoms with E-state index < -0.39 is 0 Å². The fourth-order valence-electron chi connectivity index (χ4n) is 1.80. The van der Waals surface area contributed by atoms with Crippen LogP contribution < -0.4 is 5.32 Å². The van der Waals surface area contributed by atoms with Crippen molar-refractivity contribution < 1.29 is 4.39 Å². The molecule has 0 spiro atoms. The van der Waals surface area contributed by atoms with Gasteiger partial charge in [-0.3, -0.25) is 0 Å². The summed E-state index contributed by atoms with van der Waals surface area (Å²) in [4.78, 5) is 1.25. The van der Waals surface area contributed by atoms with Crippen LogP contribution in [0.25, 0.3) is 0 Å². The molecule has 0 amide bonds. The zero-order valence-corrected chi connectivity index (χ0v) is 12.7. The summed E-state index contributed by atoms with van der Waals surface area (Å²) in [6.45, 7) is 2.87. The highest BCUT2D eigenvalue weighted by molar-refractivity contribution is 7.16. The Hall–Kier alpha value is -0.610. The highest BCUT2D eigenvalue weighted by Gasteiger charge is 2.08. The highest BCUT2D eigenvalue weighted by atomic mass is 35.5. The van der Waals surface area contributed by atoms with Gasteiger partial charge >= 0.3 is 0 Å². The molecule has 1 aromatic carbocycles. The zero-order valence-electron chi connectivity index (χ0n) is 10.4. The summed E-state index contributed by atoms with van der Waals surface area (Å²) in [6, 6.07) is 8.89. The Kier molecular flexibility index (Phi) is 5.22. The lowest BCUT2D eigenvalue weighted by Crippen LogP contribution is -2.21. The minimum Gasteiger partial charge on any atom is -0.310 e. The van der Waals surface area contributed by atoms with Gasteiger partial charge in [0, 0.05) is 17.5 Å². The van der Waals surface area contributed by atoms with E-state index in [1.165, 1.54) is 10.9 Å². The van der Waals surface area contributed by atoms with E-state index >= 15 is 0 Å². The number of benzene rings is 1. The number of halogens is 3. The molecule has 0 fully saturated rings. The number of nitrogens with one attached hydrogen (secondary N) is 1. The second-order valence-electron chi connectivity index (χ2n) is 4.31. The van der Waals surface area contributed by atoms with Crippen molar-refractivity contribution >= 4 is 34.5 Å². The van der Waals surface area contributed by atoms with Gasteiger partial charge in [-0.25, -0.2) is 4.39 Å². The lowest BCUT2D eigenvalue weighted by Gasteiger charge is -2.14. The summed E-state index contributed by atoms with van der Waals surface area (Å²) in [5, 5.41) is 3.55. The third-order valence-corrected chi connectivity index (χ3v) is 4.48. The van der Waals surface area contributed by atoms with Crippen molar-refractivity contribution in [3.05, 3.63) is 55.9 Å². The summed E-state index contributed by atoms with van der Waals surface area (Å²) in [5.41, 5.74) is 0.982. The molecule has 19 heavy (non-hydrogen) atoms. The van der Waals surface area contributed by atoms with E-state index in [2.05, 4.69) is 5.32 Å². The fraction of sp³-hybridized carbons (Fsp3) is 0.286. The Morgan fingerprint density at radius 1 is 1.26 bits per heavy atom. The Morgan fingerprint density at radius 3 is 2.68 bits per heavy atom. The Balaban J connectivity index is 1.86. The molecule has 0 aliphatic carbocycles. The molecule has 2 aromatic rings. The van der Waals surface area contributed by atoms with Gasteiger partial charge in [-0.2, -0.15) is 0 Å². The van der Waals surface area contributed by atoms with Gasteiger partial charge in [-0.1, -0.05) is 29.3 Å². The standard InChI is InChI=1S/C14H14Cl2FNS/c1-9(10-2-4-13(17)12(15)8-10)18-7-6-11-3-5-14(16)19-11/h2-5,8-9,18H,6-7H2,1H3. The summed E-state index contributed by atoms with van der Waals surface area (Å²) in [5.74, 6) is -0.383. The lowest BCUT2D eigenvalue weighted by molar-refractivity contribution is 0.575. The molecule has 1 nitrogen and oxygen atoms in total. The molecule has 5 heteroatoms. The van der Waals surface area contributed by atoms with Crippen LogP contribution in [0.5, 0.6) is 0 Å². The first-order chi connectivity index (χ1) is 9.06. The maximum atomic E-state index is 13.1. The van der Waals surface area contributed by atoms with Gasteiger partial charge in [0.25, 0.3) is 0 Å². The molecule has 0 radical (unpaired) electrons. The predicted octanol–water partition coefficient (Wildman–Crippen LogP) is 5.09. The van der Waals surface area contributed by atoms with Gasteiger partial charge in [0.05, 0.1) is 9.36 Å². The summed E-state index contributed by atoms with van der Waals surface area (Å²) >= 11 is 13.2. The monoisotopic (exact) mass is 317 g/mol. The molecular weight excluding hydrogens is 304 g/mol. The van der Waals surface area contributed by atoms with Crippen molar-refractivity contribution in [1.82, 2.24) is 5.32 Å². The molecule has 1 unspecified atom stereocenters. The van der Waals surface area contributed by atoms with Crippen LogP contribution in [0.3, 0.4) is 0 Å². The third kappa shape index (κ3) is 4.18.